The van der Waals surface area contributed by atoms with Crippen molar-refractivity contribution in [1.29, 1.82) is 0 Å². The molecule has 2 saturated heterocycles. The van der Waals surface area contributed by atoms with Crippen molar-refractivity contribution < 1.29 is 14.3 Å². The maximum atomic E-state index is 13.6. The lowest BCUT2D eigenvalue weighted by Gasteiger charge is -2.42. The van der Waals surface area contributed by atoms with Gasteiger partial charge < -0.3 is 19.9 Å². The Morgan fingerprint density at radius 1 is 0.907 bits per heavy atom. The molecule has 5 rings (SSSR count). The van der Waals surface area contributed by atoms with Crippen molar-refractivity contribution in [2.24, 2.45) is 0 Å². The second kappa shape index (κ2) is 14.6. The van der Waals surface area contributed by atoms with E-state index < -0.39 is 0 Å². The van der Waals surface area contributed by atoms with Gasteiger partial charge in [0.25, 0.3) is 5.91 Å². The zero-order chi connectivity index (χ0) is 30.3. The van der Waals surface area contributed by atoms with Gasteiger partial charge in [0.2, 0.25) is 5.91 Å². The molecule has 2 aliphatic heterocycles. The zero-order valence-corrected chi connectivity index (χ0v) is 26.4. The molecule has 0 aromatic heterocycles. The van der Waals surface area contributed by atoms with E-state index in [0.29, 0.717) is 47.0 Å². The molecule has 1 atom stereocenters. The lowest BCUT2D eigenvalue weighted by atomic mass is 10.0. The van der Waals surface area contributed by atoms with E-state index in [4.69, 9.17) is 27.9 Å². The van der Waals surface area contributed by atoms with Gasteiger partial charge in [0.15, 0.2) is 0 Å². The minimum atomic E-state index is -0.343. The van der Waals surface area contributed by atoms with Crippen LogP contribution < -0.4 is 10.1 Å². The summed E-state index contributed by atoms with van der Waals surface area (Å²) in [6.45, 7) is 8.33. The Labute approximate surface area is 264 Å². The highest BCUT2D eigenvalue weighted by Crippen LogP contribution is 2.32. The summed E-state index contributed by atoms with van der Waals surface area (Å²) < 4.78 is 5.80. The quantitative estimate of drug-likeness (QED) is 0.314. The highest BCUT2D eigenvalue weighted by molar-refractivity contribution is 6.42. The molecule has 43 heavy (non-hydrogen) atoms. The van der Waals surface area contributed by atoms with Crippen LogP contribution in [0.25, 0.3) is 0 Å². The average molecular weight is 624 g/mol. The number of ether oxygens (including phenoxy) is 1. The number of carbonyl (C=O) groups excluding carboxylic acids is 2. The van der Waals surface area contributed by atoms with Crippen LogP contribution in [0.1, 0.15) is 54.2 Å². The first kappa shape index (κ1) is 31.3. The van der Waals surface area contributed by atoms with Crippen molar-refractivity contribution in [3.05, 3.63) is 99.5 Å². The molecule has 7 nitrogen and oxygen atoms in total. The number of nitrogens with one attached hydrogen (secondary N) is 1. The molecule has 228 valence electrons. The Balaban J connectivity index is 1.22. The van der Waals surface area contributed by atoms with Crippen LogP contribution in [-0.4, -0.2) is 77.9 Å². The van der Waals surface area contributed by atoms with E-state index in [-0.39, 0.29) is 30.5 Å². The van der Waals surface area contributed by atoms with Crippen LogP contribution in [0.15, 0.2) is 72.8 Å². The molecular weight excluding hydrogens is 583 g/mol. The number of piperidine rings is 1. The van der Waals surface area contributed by atoms with Gasteiger partial charge in [-0.2, -0.15) is 0 Å². The number of rotatable bonds is 9. The molecule has 9 heteroatoms. The number of hydrogen-bond acceptors (Lipinski definition) is 5. The van der Waals surface area contributed by atoms with Gasteiger partial charge in [-0.15, -0.1) is 0 Å². The SMILES string of the molecule is CC(C)Oc1cccc(C(=O)N2CCN(C(=O)CNC3CCN(Cc4ccccc4)CC3)C(c3ccc(Cl)c(Cl)c3)C2)c1. The summed E-state index contributed by atoms with van der Waals surface area (Å²) in [6.07, 6.45) is 2.01. The summed E-state index contributed by atoms with van der Waals surface area (Å²) >= 11 is 12.6. The van der Waals surface area contributed by atoms with Gasteiger partial charge >= 0.3 is 0 Å². The van der Waals surface area contributed by atoms with Gasteiger partial charge in [-0.25, -0.2) is 0 Å². The molecule has 0 bridgehead atoms. The Bertz CT molecular complexity index is 1400. The number of likely N-dealkylation sites (tertiary alicyclic amines) is 1. The Morgan fingerprint density at radius 2 is 1.67 bits per heavy atom. The number of hydrogen-bond donors (Lipinski definition) is 1. The Hall–Kier alpha value is -3.10. The zero-order valence-electron chi connectivity index (χ0n) is 24.8. The summed E-state index contributed by atoms with van der Waals surface area (Å²) in [6, 6.07) is 23.2. The van der Waals surface area contributed by atoms with Crippen molar-refractivity contribution in [3.63, 3.8) is 0 Å². The first-order valence-electron chi connectivity index (χ1n) is 15.1. The van der Waals surface area contributed by atoms with Crippen molar-refractivity contribution in [1.82, 2.24) is 20.0 Å². The van der Waals surface area contributed by atoms with Gasteiger partial charge in [-0.1, -0.05) is 65.7 Å². The maximum Gasteiger partial charge on any atom is 0.254 e. The van der Waals surface area contributed by atoms with Gasteiger partial charge in [-0.05, 0) is 81.2 Å². The molecule has 2 fully saturated rings. The number of nitrogens with zero attached hydrogens (tertiary/aromatic N) is 3. The Kier molecular flexibility index (Phi) is 10.6. The number of amides is 2. The minimum Gasteiger partial charge on any atom is -0.491 e. The highest BCUT2D eigenvalue weighted by atomic mass is 35.5. The molecule has 0 saturated carbocycles. The third-order valence-electron chi connectivity index (χ3n) is 8.15. The first-order chi connectivity index (χ1) is 20.8. The van der Waals surface area contributed by atoms with Gasteiger partial charge in [0, 0.05) is 37.8 Å². The molecule has 3 aromatic carbocycles. The molecule has 2 heterocycles. The fourth-order valence-corrected chi connectivity index (χ4v) is 6.20. The van der Waals surface area contributed by atoms with Crippen LogP contribution in [0.4, 0.5) is 0 Å². The minimum absolute atomic E-state index is 0.00869. The van der Waals surface area contributed by atoms with Crippen LogP contribution in [0.5, 0.6) is 5.75 Å². The molecule has 0 radical (unpaired) electrons. The van der Waals surface area contributed by atoms with Crippen LogP contribution in [-0.2, 0) is 11.3 Å². The monoisotopic (exact) mass is 622 g/mol. The number of piperazine rings is 1. The number of halogens is 2. The largest absolute Gasteiger partial charge is 0.491 e. The van der Waals surface area contributed by atoms with E-state index in [2.05, 4.69) is 34.5 Å². The van der Waals surface area contributed by atoms with Crippen LogP contribution in [0, 0.1) is 0 Å². The summed E-state index contributed by atoms with van der Waals surface area (Å²) in [7, 11) is 0. The molecule has 2 aliphatic rings. The van der Waals surface area contributed by atoms with E-state index in [0.717, 1.165) is 38.0 Å². The molecule has 0 spiro atoms. The van der Waals surface area contributed by atoms with Crippen molar-refractivity contribution in [2.45, 2.75) is 51.4 Å². The van der Waals surface area contributed by atoms with Gasteiger partial charge in [0.05, 0.1) is 28.7 Å². The molecule has 3 aromatic rings. The van der Waals surface area contributed by atoms with Crippen molar-refractivity contribution in [2.75, 3.05) is 39.3 Å². The number of carbonyl (C=O) groups is 2. The lowest BCUT2D eigenvalue weighted by molar-refractivity contribution is -0.135. The topological polar surface area (TPSA) is 65.1 Å². The highest BCUT2D eigenvalue weighted by Gasteiger charge is 2.34. The predicted molar refractivity (Wildman–Crippen MR) is 172 cm³/mol. The maximum absolute atomic E-state index is 13.6. The third-order valence-corrected chi connectivity index (χ3v) is 8.89. The Morgan fingerprint density at radius 3 is 2.40 bits per heavy atom. The normalized spacial score (nSPS) is 18.2. The summed E-state index contributed by atoms with van der Waals surface area (Å²) in [4.78, 5) is 33.4. The van der Waals surface area contributed by atoms with Crippen LogP contribution >= 0.6 is 23.2 Å². The fraction of sp³-hybridized carbons (Fsp3) is 0.412. The van der Waals surface area contributed by atoms with E-state index in [1.165, 1.54) is 5.56 Å². The van der Waals surface area contributed by atoms with E-state index in [1.54, 1.807) is 29.2 Å². The van der Waals surface area contributed by atoms with E-state index in [1.807, 2.05) is 43.0 Å². The van der Waals surface area contributed by atoms with E-state index in [9.17, 15) is 9.59 Å². The molecule has 1 N–H and O–H groups in total. The van der Waals surface area contributed by atoms with Crippen molar-refractivity contribution in [3.8, 4) is 5.75 Å². The molecular formula is C34H40Cl2N4O3. The third kappa shape index (κ3) is 8.30. The van der Waals surface area contributed by atoms with Crippen molar-refractivity contribution >= 4 is 35.0 Å². The van der Waals surface area contributed by atoms with Gasteiger partial charge in [0.1, 0.15) is 5.75 Å². The van der Waals surface area contributed by atoms with Crippen LogP contribution in [0.3, 0.4) is 0 Å². The summed E-state index contributed by atoms with van der Waals surface area (Å²) in [5.74, 6) is 0.585. The first-order valence-corrected chi connectivity index (χ1v) is 15.8. The number of benzene rings is 3. The van der Waals surface area contributed by atoms with Gasteiger partial charge in [-0.3, -0.25) is 14.5 Å². The summed E-state index contributed by atoms with van der Waals surface area (Å²) in [5, 5.41) is 4.40. The fourth-order valence-electron chi connectivity index (χ4n) is 5.90. The van der Waals surface area contributed by atoms with E-state index >= 15 is 0 Å². The van der Waals surface area contributed by atoms with Crippen LogP contribution in [0.2, 0.25) is 10.0 Å². The smallest absolute Gasteiger partial charge is 0.254 e. The average Bonchev–Trinajstić information content (AvgIpc) is 3.01. The molecule has 0 aliphatic carbocycles. The lowest BCUT2D eigenvalue weighted by Crippen LogP contribution is -2.54. The predicted octanol–water partition coefficient (Wildman–Crippen LogP) is 6.06. The summed E-state index contributed by atoms with van der Waals surface area (Å²) in [5.41, 5.74) is 2.74. The molecule has 1 unspecified atom stereocenters. The second-order valence-electron chi connectivity index (χ2n) is 11.6. The second-order valence-corrected chi connectivity index (χ2v) is 12.5. The molecule has 2 amide bonds. The standard InChI is InChI=1S/C34H40Cl2N4O3/c1-24(2)43-29-10-6-9-27(19-29)34(42)39-17-18-40(32(23-39)26-11-12-30(35)31(36)20-26)33(41)21-37-28-13-15-38(16-14-28)22-25-7-4-3-5-8-25/h3-12,19-20,24,28,32,37H,13-18,21-23H2,1-2H3.